The number of ether oxygens (including phenoxy) is 1. The monoisotopic (exact) mass is 414 g/mol. The van der Waals surface area contributed by atoms with E-state index in [1.54, 1.807) is 11.8 Å². The van der Waals surface area contributed by atoms with Crippen molar-refractivity contribution in [3.63, 3.8) is 0 Å². The predicted octanol–water partition coefficient (Wildman–Crippen LogP) is 3.47. The van der Waals surface area contributed by atoms with Gasteiger partial charge in [-0.05, 0) is 70.4 Å². The number of methoxy groups -OCH3 is 1. The van der Waals surface area contributed by atoms with Gasteiger partial charge >= 0.3 is 0 Å². The third-order valence-electron chi connectivity index (χ3n) is 5.20. The Morgan fingerprint density at radius 2 is 1.81 bits per heavy atom. The number of aromatic nitrogens is 4. The van der Waals surface area contributed by atoms with Crippen molar-refractivity contribution in [1.29, 1.82) is 0 Å². The van der Waals surface area contributed by atoms with Gasteiger partial charge in [0, 0.05) is 0 Å². The van der Waals surface area contributed by atoms with Gasteiger partial charge in [-0.1, -0.05) is 36.4 Å². The molecule has 4 aromatic rings. The van der Waals surface area contributed by atoms with Crippen molar-refractivity contribution in [1.82, 2.24) is 25.6 Å². The smallest absolute Gasteiger partial charge is 0.247 e. The zero-order valence-corrected chi connectivity index (χ0v) is 17.5. The minimum Gasteiger partial charge on any atom is -0.497 e. The van der Waals surface area contributed by atoms with Crippen molar-refractivity contribution in [2.75, 3.05) is 7.11 Å². The Morgan fingerprint density at radius 1 is 1.06 bits per heavy atom. The van der Waals surface area contributed by atoms with Gasteiger partial charge in [-0.25, -0.2) is 10.1 Å². The Hall–Kier alpha value is -4.07. The Morgan fingerprint density at radius 3 is 2.52 bits per heavy atom. The SMILES string of the molecule is COc1ccc2cc([C@@H](C)C(=O)N/N=C(/C)c3ccc(-n4cnnn4)cc3)ccc2c1. The minimum absolute atomic E-state index is 0.169. The van der Waals surface area contributed by atoms with E-state index in [9.17, 15) is 4.79 Å². The Bertz CT molecular complexity index is 1230. The van der Waals surface area contributed by atoms with E-state index in [-0.39, 0.29) is 11.8 Å². The first-order chi connectivity index (χ1) is 15.0. The number of nitrogens with zero attached hydrogens (tertiary/aromatic N) is 5. The number of fused-ring (bicyclic) bond motifs is 1. The summed E-state index contributed by atoms with van der Waals surface area (Å²) in [5, 5.41) is 17.5. The molecule has 8 heteroatoms. The van der Waals surface area contributed by atoms with Crippen LogP contribution < -0.4 is 10.2 Å². The number of tetrazole rings is 1. The summed E-state index contributed by atoms with van der Waals surface area (Å²) in [5.74, 6) is 0.296. The van der Waals surface area contributed by atoms with Gasteiger partial charge < -0.3 is 4.74 Å². The van der Waals surface area contributed by atoms with E-state index < -0.39 is 0 Å². The molecule has 4 rings (SSSR count). The fourth-order valence-corrected chi connectivity index (χ4v) is 3.23. The van der Waals surface area contributed by atoms with Crippen LogP contribution >= 0.6 is 0 Å². The standard InChI is InChI=1S/C23H22N6O2/c1-15(18-4-5-20-13-22(31-3)11-8-19(20)12-18)23(30)26-25-16(2)17-6-9-21(10-7-17)29-14-24-27-28-29/h4-15H,1-3H3,(H,26,30)/b25-16-/t15-/m1/s1. The molecule has 0 aliphatic rings. The summed E-state index contributed by atoms with van der Waals surface area (Å²) in [6, 6.07) is 19.4. The van der Waals surface area contributed by atoms with Gasteiger partial charge in [-0.2, -0.15) is 5.10 Å². The lowest BCUT2D eigenvalue weighted by atomic mass is 9.97. The van der Waals surface area contributed by atoms with Gasteiger partial charge in [0.1, 0.15) is 12.1 Å². The van der Waals surface area contributed by atoms with Crippen LogP contribution in [0.1, 0.15) is 30.9 Å². The number of hydrogen-bond donors (Lipinski definition) is 1. The number of rotatable bonds is 6. The van der Waals surface area contributed by atoms with E-state index in [1.807, 2.05) is 74.5 Å². The Balaban J connectivity index is 1.44. The van der Waals surface area contributed by atoms with E-state index >= 15 is 0 Å². The molecule has 0 aliphatic carbocycles. The number of carbonyl (C=O) groups excluding carboxylic acids is 1. The molecule has 156 valence electrons. The van der Waals surface area contributed by atoms with E-state index in [4.69, 9.17) is 4.74 Å². The Labute approximate surface area is 179 Å². The summed E-state index contributed by atoms with van der Waals surface area (Å²) in [6.07, 6.45) is 1.53. The third kappa shape index (κ3) is 4.42. The number of benzene rings is 3. The van der Waals surface area contributed by atoms with Gasteiger partial charge in [0.25, 0.3) is 0 Å². The molecule has 1 amide bonds. The molecule has 0 spiro atoms. The Kier molecular flexibility index (Phi) is 5.70. The fraction of sp³-hybridized carbons (Fsp3) is 0.174. The fourth-order valence-electron chi connectivity index (χ4n) is 3.23. The van der Waals surface area contributed by atoms with Crippen LogP contribution in [0.25, 0.3) is 16.5 Å². The van der Waals surface area contributed by atoms with Crippen LogP contribution in [0, 0.1) is 0 Å². The number of amides is 1. The van der Waals surface area contributed by atoms with Crippen LogP contribution in [-0.2, 0) is 4.79 Å². The van der Waals surface area contributed by atoms with Crippen molar-refractivity contribution in [2.24, 2.45) is 5.10 Å². The molecule has 0 saturated carbocycles. The predicted molar refractivity (Wildman–Crippen MR) is 118 cm³/mol. The molecular formula is C23H22N6O2. The first-order valence-corrected chi connectivity index (χ1v) is 9.81. The molecule has 1 aromatic heterocycles. The lowest BCUT2D eigenvalue weighted by Gasteiger charge is -2.12. The molecule has 8 nitrogen and oxygen atoms in total. The molecule has 1 N–H and O–H groups in total. The van der Waals surface area contributed by atoms with Crippen LogP contribution in [0.4, 0.5) is 0 Å². The van der Waals surface area contributed by atoms with Crippen LogP contribution in [-0.4, -0.2) is 38.9 Å². The molecule has 0 unspecified atom stereocenters. The molecule has 31 heavy (non-hydrogen) atoms. The van der Waals surface area contributed by atoms with Crippen LogP contribution in [0.5, 0.6) is 5.75 Å². The van der Waals surface area contributed by atoms with Crippen molar-refractivity contribution in [2.45, 2.75) is 19.8 Å². The largest absolute Gasteiger partial charge is 0.497 e. The highest BCUT2D eigenvalue weighted by Gasteiger charge is 2.15. The molecule has 0 aliphatic heterocycles. The van der Waals surface area contributed by atoms with E-state index in [1.165, 1.54) is 6.33 Å². The van der Waals surface area contributed by atoms with E-state index in [2.05, 4.69) is 26.1 Å². The highest BCUT2D eigenvalue weighted by Crippen LogP contribution is 2.25. The lowest BCUT2D eigenvalue weighted by molar-refractivity contribution is -0.122. The van der Waals surface area contributed by atoms with Crippen LogP contribution in [0.2, 0.25) is 0 Å². The summed E-state index contributed by atoms with van der Waals surface area (Å²) in [5.41, 5.74) is 6.04. The average molecular weight is 414 g/mol. The maximum Gasteiger partial charge on any atom is 0.247 e. The number of carbonyl (C=O) groups is 1. The van der Waals surface area contributed by atoms with Crippen LogP contribution in [0.15, 0.2) is 72.1 Å². The molecule has 3 aromatic carbocycles. The van der Waals surface area contributed by atoms with Gasteiger partial charge in [-0.15, -0.1) is 5.10 Å². The summed E-state index contributed by atoms with van der Waals surface area (Å²) in [7, 11) is 1.65. The first-order valence-electron chi connectivity index (χ1n) is 9.81. The second-order valence-corrected chi connectivity index (χ2v) is 7.17. The number of hydrazone groups is 1. The van der Waals surface area contributed by atoms with Gasteiger partial charge in [-0.3, -0.25) is 4.79 Å². The maximum absolute atomic E-state index is 12.7. The molecule has 0 saturated heterocycles. The van der Waals surface area contributed by atoms with Crippen molar-refractivity contribution in [3.05, 3.63) is 78.1 Å². The summed E-state index contributed by atoms with van der Waals surface area (Å²) < 4.78 is 6.83. The quantitative estimate of drug-likeness (QED) is 0.385. The van der Waals surface area contributed by atoms with Crippen LogP contribution in [0.3, 0.4) is 0 Å². The second-order valence-electron chi connectivity index (χ2n) is 7.17. The molecule has 0 radical (unpaired) electrons. The second kappa shape index (κ2) is 8.74. The lowest BCUT2D eigenvalue weighted by Crippen LogP contribution is -2.24. The minimum atomic E-state index is -0.342. The number of nitrogens with one attached hydrogen (secondary N) is 1. The molecule has 1 heterocycles. The first kappa shape index (κ1) is 20.2. The summed E-state index contributed by atoms with van der Waals surface area (Å²) in [6.45, 7) is 3.71. The third-order valence-corrected chi connectivity index (χ3v) is 5.20. The molecule has 0 fully saturated rings. The normalized spacial score (nSPS) is 12.5. The van der Waals surface area contributed by atoms with Gasteiger partial charge in [0.15, 0.2) is 0 Å². The molecule has 0 bridgehead atoms. The van der Waals surface area contributed by atoms with Crippen molar-refractivity contribution < 1.29 is 9.53 Å². The highest BCUT2D eigenvalue weighted by molar-refractivity contribution is 5.99. The highest BCUT2D eigenvalue weighted by atomic mass is 16.5. The van der Waals surface area contributed by atoms with Crippen molar-refractivity contribution in [3.8, 4) is 11.4 Å². The maximum atomic E-state index is 12.7. The van der Waals surface area contributed by atoms with E-state index in [0.717, 1.165) is 33.3 Å². The topological polar surface area (TPSA) is 94.3 Å². The summed E-state index contributed by atoms with van der Waals surface area (Å²) in [4.78, 5) is 12.7. The zero-order chi connectivity index (χ0) is 21.8. The van der Waals surface area contributed by atoms with Crippen molar-refractivity contribution >= 4 is 22.4 Å². The molecular weight excluding hydrogens is 392 g/mol. The number of hydrogen-bond acceptors (Lipinski definition) is 6. The van der Waals surface area contributed by atoms with Gasteiger partial charge in [0.05, 0.1) is 24.4 Å². The van der Waals surface area contributed by atoms with Gasteiger partial charge in [0.2, 0.25) is 5.91 Å². The zero-order valence-electron chi connectivity index (χ0n) is 17.5. The van der Waals surface area contributed by atoms with E-state index in [0.29, 0.717) is 5.71 Å². The molecule has 1 atom stereocenters. The summed E-state index contributed by atoms with van der Waals surface area (Å²) >= 11 is 0. The average Bonchev–Trinajstić information content (AvgIpc) is 3.36.